The Balaban J connectivity index is 1.43. The van der Waals surface area contributed by atoms with E-state index in [1.165, 1.54) is 23.3 Å². The van der Waals surface area contributed by atoms with Crippen molar-refractivity contribution in [2.45, 2.75) is 18.9 Å². The minimum atomic E-state index is -0.648. The molecule has 1 aromatic carbocycles. The van der Waals surface area contributed by atoms with E-state index in [2.05, 4.69) is 30.9 Å². The van der Waals surface area contributed by atoms with Crippen molar-refractivity contribution in [3.63, 3.8) is 0 Å². The van der Waals surface area contributed by atoms with Crippen molar-refractivity contribution in [1.29, 1.82) is 0 Å². The van der Waals surface area contributed by atoms with Crippen LogP contribution in [0.3, 0.4) is 0 Å². The van der Waals surface area contributed by atoms with E-state index in [1.807, 2.05) is 12.3 Å². The summed E-state index contributed by atoms with van der Waals surface area (Å²) in [5, 5.41) is 36.6. The number of halogens is 2. The van der Waals surface area contributed by atoms with E-state index in [4.69, 9.17) is 11.6 Å². The highest BCUT2D eigenvalue weighted by molar-refractivity contribution is 6.31. The first-order valence-electron chi connectivity index (χ1n) is 10.4. The third-order valence-electron chi connectivity index (χ3n) is 6.04. The largest absolute Gasteiger partial charge is 0.618 e. The summed E-state index contributed by atoms with van der Waals surface area (Å²) in [6.45, 7) is 0. The number of tetrazole rings is 1. The molecule has 4 heterocycles. The molecule has 0 fully saturated rings. The van der Waals surface area contributed by atoms with Crippen LogP contribution in [0.25, 0.3) is 28.1 Å². The minimum absolute atomic E-state index is 0.0589. The van der Waals surface area contributed by atoms with Crippen molar-refractivity contribution in [1.82, 2.24) is 45.0 Å². The molecule has 0 spiro atoms. The topological polar surface area (TPSA) is 119 Å². The standard InChI is InChI=1S/C21H16ClFN10O/c1-30-18(8-24-28-30)14-7-26-31(9-14)17-4-2-12-6-13(10-33(34)21(12)17)19-16(32-11-25-27-29-32)5-3-15(22)20(19)23/h3,5-11,17H,2,4H2,1H3. The van der Waals surface area contributed by atoms with Gasteiger partial charge in [-0.2, -0.15) is 14.5 Å². The summed E-state index contributed by atoms with van der Waals surface area (Å²) in [6.07, 6.45) is 9.29. The molecule has 1 atom stereocenters. The highest BCUT2D eigenvalue weighted by Gasteiger charge is 2.34. The number of fused-ring (bicyclic) bond motifs is 1. The number of pyridine rings is 1. The fourth-order valence-electron chi connectivity index (χ4n) is 4.49. The highest BCUT2D eigenvalue weighted by atomic mass is 35.5. The fraction of sp³-hybridized carbons (Fsp3) is 0.190. The zero-order chi connectivity index (χ0) is 23.4. The Bertz CT molecular complexity index is 1530. The maximum Gasteiger partial charge on any atom is 0.220 e. The second-order valence-electron chi connectivity index (χ2n) is 7.98. The molecule has 34 heavy (non-hydrogen) atoms. The Morgan fingerprint density at radius 1 is 1.18 bits per heavy atom. The Hall–Kier alpha value is -4.19. The number of benzene rings is 1. The lowest BCUT2D eigenvalue weighted by Gasteiger charge is -2.15. The molecule has 0 N–H and O–H groups in total. The van der Waals surface area contributed by atoms with Crippen LogP contribution in [0.5, 0.6) is 0 Å². The third-order valence-corrected chi connectivity index (χ3v) is 6.34. The van der Waals surface area contributed by atoms with Gasteiger partial charge in [-0.1, -0.05) is 16.8 Å². The van der Waals surface area contributed by atoms with Crippen LogP contribution in [0.1, 0.15) is 23.7 Å². The van der Waals surface area contributed by atoms with E-state index in [9.17, 15) is 5.21 Å². The number of hydrogen-bond acceptors (Lipinski definition) is 7. The van der Waals surface area contributed by atoms with Crippen LogP contribution >= 0.6 is 11.6 Å². The highest BCUT2D eigenvalue weighted by Crippen LogP contribution is 2.38. The molecular weight excluding hydrogens is 463 g/mol. The normalized spacial score (nSPS) is 15.1. The maximum atomic E-state index is 15.2. The molecule has 5 aromatic rings. The van der Waals surface area contributed by atoms with E-state index < -0.39 is 5.82 Å². The molecule has 0 aliphatic heterocycles. The van der Waals surface area contributed by atoms with Gasteiger partial charge in [0.1, 0.15) is 12.4 Å². The lowest BCUT2D eigenvalue weighted by molar-refractivity contribution is -0.615. The van der Waals surface area contributed by atoms with E-state index in [1.54, 1.807) is 34.9 Å². The zero-order valence-electron chi connectivity index (χ0n) is 17.7. The van der Waals surface area contributed by atoms with Gasteiger partial charge in [-0.15, -0.1) is 10.2 Å². The third kappa shape index (κ3) is 3.14. The molecule has 0 amide bonds. The smallest absolute Gasteiger partial charge is 0.220 e. The van der Waals surface area contributed by atoms with Crippen LogP contribution < -0.4 is 4.73 Å². The summed E-state index contributed by atoms with van der Waals surface area (Å²) in [5.41, 5.74) is 3.99. The van der Waals surface area contributed by atoms with Gasteiger partial charge in [0.15, 0.2) is 12.0 Å². The van der Waals surface area contributed by atoms with Crippen LogP contribution in [0.4, 0.5) is 4.39 Å². The average Bonchev–Trinajstić information content (AvgIpc) is 3.61. The van der Waals surface area contributed by atoms with E-state index in [-0.39, 0.29) is 16.6 Å². The molecule has 1 aliphatic rings. The summed E-state index contributed by atoms with van der Waals surface area (Å²) < 4.78 is 20.7. The van der Waals surface area contributed by atoms with Gasteiger partial charge in [-0.25, -0.2) is 9.07 Å². The van der Waals surface area contributed by atoms with Gasteiger partial charge in [0.25, 0.3) is 0 Å². The molecule has 1 aliphatic carbocycles. The molecule has 1 unspecified atom stereocenters. The second kappa shape index (κ2) is 7.70. The van der Waals surface area contributed by atoms with Crippen LogP contribution in [0.15, 0.2) is 49.3 Å². The van der Waals surface area contributed by atoms with Gasteiger partial charge in [0.05, 0.1) is 39.9 Å². The Kier molecular flexibility index (Phi) is 4.62. The zero-order valence-corrected chi connectivity index (χ0v) is 18.5. The lowest BCUT2D eigenvalue weighted by Crippen LogP contribution is -2.34. The molecule has 0 saturated carbocycles. The minimum Gasteiger partial charge on any atom is -0.618 e. The molecule has 4 aromatic heterocycles. The second-order valence-corrected chi connectivity index (χ2v) is 8.39. The molecular formula is C21H16ClFN10O. The molecule has 170 valence electrons. The van der Waals surface area contributed by atoms with Crippen molar-refractivity contribution < 1.29 is 9.12 Å². The summed E-state index contributed by atoms with van der Waals surface area (Å²) in [4.78, 5) is 0. The van der Waals surface area contributed by atoms with Crippen molar-refractivity contribution in [2.24, 2.45) is 7.05 Å². The number of hydrogen-bond donors (Lipinski definition) is 0. The predicted octanol–water partition coefficient (Wildman–Crippen LogP) is 2.28. The first-order chi connectivity index (χ1) is 16.5. The molecule has 0 bridgehead atoms. The van der Waals surface area contributed by atoms with Gasteiger partial charge in [0.2, 0.25) is 5.69 Å². The summed E-state index contributed by atoms with van der Waals surface area (Å²) in [7, 11) is 1.80. The van der Waals surface area contributed by atoms with Gasteiger partial charge < -0.3 is 5.21 Å². The maximum absolute atomic E-state index is 15.2. The Morgan fingerprint density at radius 2 is 2.06 bits per heavy atom. The first-order valence-corrected chi connectivity index (χ1v) is 10.8. The average molecular weight is 479 g/mol. The lowest BCUT2D eigenvalue weighted by atomic mass is 10.0. The van der Waals surface area contributed by atoms with Crippen molar-refractivity contribution in [3.8, 4) is 28.1 Å². The van der Waals surface area contributed by atoms with E-state index in [0.717, 1.165) is 21.6 Å². The van der Waals surface area contributed by atoms with Gasteiger partial charge in [0, 0.05) is 24.4 Å². The summed E-state index contributed by atoms with van der Waals surface area (Å²) in [6, 6.07) is 4.61. The number of aryl methyl sites for hydroxylation is 2. The number of nitrogens with zero attached hydrogens (tertiary/aromatic N) is 10. The van der Waals surface area contributed by atoms with Crippen molar-refractivity contribution in [3.05, 3.63) is 76.6 Å². The Labute approximate surface area is 196 Å². The predicted molar refractivity (Wildman–Crippen MR) is 117 cm³/mol. The van der Waals surface area contributed by atoms with E-state index in [0.29, 0.717) is 29.8 Å². The number of aromatic nitrogens is 10. The van der Waals surface area contributed by atoms with Crippen LogP contribution in [0, 0.1) is 11.0 Å². The van der Waals surface area contributed by atoms with Gasteiger partial charge >= 0.3 is 0 Å². The molecule has 13 heteroatoms. The Morgan fingerprint density at radius 3 is 2.82 bits per heavy atom. The molecule has 6 rings (SSSR count). The van der Waals surface area contributed by atoms with Gasteiger partial charge in [-0.05, 0) is 41.5 Å². The molecule has 0 radical (unpaired) electrons. The van der Waals surface area contributed by atoms with Crippen molar-refractivity contribution in [2.75, 3.05) is 0 Å². The van der Waals surface area contributed by atoms with Crippen LogP contribution in [-0.4, -0.2) is 45.0 Å². The van der Waals surface area contributed by atoms with Crippen LogP contribution in [-0.2, 0) is 13.5 Å². The van der Waals surface area contributed by atoms with Crippen LogP contribution in [0.2, 0.25) is 5.02 Å². The first kappa shape index (κ1) is 20.4. The quantitative estimate of drug-likeness (QED) is 0.287. The summed E-state index contributed by atoms with van der Waals surface area (Å²) in [5.74, 6) is -0.648. The molecule has 11 nitrogen and oxygen atoms in total. The fourth-order valence-corrected chi connectivity index (χ4v) is 4.65. The van der Waals surface area contributed by atoms with E-state index >= 15 is 4.39 Å². The van der Waals surface area contributed by atoms with Crippen molar-refractivity contribution >= 4 is 11.6 Å². The van der Waals surface area contributed by atoms with Gasteiger partial charge in [-0.3, -0.25) is 4.68 Å². The monoisotopic (exact) mass is 478 g/mol. The number of rotatable bonds is 4. The molecule has 0 saturated heterocycles. The SMILES string of the molecule is Cn1nncc1-c1cnn(C2CCc3cc(-c4c(-n5cnnn5)ccc(Cl)c4F)c[n+]([O-])c32)c1. The summed E-state index contributed by atoms with van der Waals surface area (Å²) >= 11 is 6.07.